The van der Waals surface area contributed by atoms with Crippen LogP contribution in [0.15, 0.2) is 46.3 Å². The van der Waals surface area contributed by atoms with E-state index in [0.29, 0.717) is 0 Å². The molecule has 0 saturated heterocycles. The van der Waals surface area contributed by atoms with Gasteiger partial charge in [-0.2, -0.15) is 5.26 Å². The van der Waals surface area contributed by atoms with Crippen LogP contribution in [0.3, 0.4) is 0 Å². The number of dihydropyridines is 1. The molecular weight excluding hydrogens is 279 g/mol. The highest BCUT2D eigenvalue weighted by atomic mass is 32.1. The van der Waals surface area contributed by atoms with Crippen LogP contribution in [0.2, 0.25) is 0 Å². The van der Waals surface area contributed by atoms with E-state index in [1.165, 1.54) is 18.2 Å². The van der Waals surface area contributed by atoms with Crippen LogP contribution < -0.4 is 16.8 Å². The summed E-state index contributed by atoms with van der Waals surface area (Å²) in [5.41, 5.74) is 11.2. The van der Waals surface area contributed by atoms with Gasteiger partial charge in [0.05, 0.1) is 28.2 Å². The first kappa shape index (κ1) is 14.0. The number of benzene rings is 1. The number of hydrogen-bond acceptors (Lipinski definition) is 5. The maximum atomic E-state index is 14.0. The highest BCUT2D eigenvalue weighted by Gasteiger charge is 2.34. The normalized spacial score (nSPS) is 18.6. The fraction of sp³-hybridized carbons (Fsp3) is 0.0769. The van der Waals surface area contributed by atoms with E-state index in [1.54, 1.807) is 6.07 Å². The second kappa shape index (κ2) is 5.27. The van der Waals surface area contributed by atoms with E-state index < -0.39 is 17.6 Å². The van der Waals surface area contributed by atoms with Crippen molar-refractivity contribution in [1.82, 2.24) is 5.32 Å². The van der Waals surface area contributed by atoms with Crippen molar-refractivity contribution in [2.45, 2.75) is 5.92 Å². The van der Waals surface area contributed by atoms with E-state index in [-0.39, 0.29) is 27.6 Å². The molecule has 1 aromatic carbocycles. The summed E-state index contributed by atoms with van der Waals surface area (Å²) in [6.07, 6.45) is 0. The number of carbonyl (C=O) groups excluding carboxylic acids is 1. The first-order chi connectivity index (χ1) is 9.47. The fourth-order valence-corrected chi connectivity index (χ4v) is 2.46. The van der Waals surface area contributed by atoms with Gasteiger partial charge >= 0.3 is 0 Å². The highest BCUT2D eigenvalue weighted by Crippen LogP contribution is 2.38. The Balaban J connectivity index is 2.71. The van der Waals surface area contributed by atoms with Crippen molar-refractivity contribution in [2.75, 3.05) is 0 Å². The molecule has 0 spiro atoms. The smallest absolute Gasteiger partial charge is 0.248 e. The molecule has 0 aromatic heterocycles. The van der Waals surface area contributed by atoms with Crippen molar-refractivity contribution in [3.63, 3.8) is 0 Å². The lowest BCUT2D eigenvalue weighted by Crippen LogP contribution is -2.34. The molecule has 5 N–H and O–H groups in total. The number of allylic oxidation sites excluding steroid dienone is 1. The quantitative estimate of drug-likeness (QED) is 0.605. The Morgan fingerprint density at radius 2 is 2.10 bits per heavy atom. The van der Waals surface area contributed by atoms with Crippen molar-refractivity contribution < 1.29 is 9.18 Å². The lowest BCUT2D eigenvalue weighted by Gasteiger charge is -2.27. The van der Waals surface area contributed by atoms with Crippen molar-refractivity contribution in [3.05, 3.63) is 57.6 Å². The van der Waals surface area contributed by atoms with Crippen molar-refractivity contribution in [3.8, 4) is 6.07 Å². The number of thiol groups is 1. The zero-order chi connectivity index (χ0) is 14.9. The second-order valence-electron chi connectivity index (χ2n) is 4.15. The molecule has 0 radical (unpaired) electrons. The zero-order valence-electron chi connectivity index (χ0n) is 10.2. The Hall–Kier alpha value is -2.46. The summed E-state index contributed by atoms with van der Waals surface area (Å²) >= 11 is 4.10. The van der Waals surface area contributed by atoms with E-state index in [9.17, 15) is 14.4 Å². The lowest BCUT2D eigenvalue weighted by atomic mass is 9.83. The van der Waals surface area contributed by atoms with Crippen LogP contribution in [-0.2, 0) is 4.79 Å². The van der Waals surface area contributed by atoms with Crippen molar-refractivity contribution in [2.24, 2.45) is 11.5 Å². The van der Waals surface area contributed by atoms with E-state index in [0.717, 1.165) is 0 Å². The largest absolute Gasteiger partial charge is 0.384 e. The third kappa shape index (κ3) is 2.21. The van der Waals surface area contributed by atoms with Crippen LogP contribution in [0.5, 0.6) is 0 Å². The van der Waals surface area contributed by atoms with Crippen LogP contribution in [0.4, 0.5) is 4.39 Å². The number of hydrogen-bond donors (Lipinski definition) is 4. The highest BCUT2D eigenvalue weighted by molar-refractivity contribution is 7.84. The van der Waals surface area contributed by atoms with Crippen molar-refractivity contribution >= 4 is 18.5 Å². The number of nitriles is 1. The standard InChI is InChI=1S/C13H11FN4OS/c14-8-4-2-1-3-6(8)9-7(5-15)11(16)18-13(20)10(9)12(17)19/h1-4,9,18,20H,16H2,(H2,17,19). The van der Waals surface area contributed by atoms with Gasteiger partial charge in [0.1, 0.15) is 11.6 Å². The van der Waals surface area contributed by atoms with Gasteiger partial charge < -0.3 is 16.8 Å². The van der Waals surface area contributed by atoms with E-state index in [2.05, 4.69) is 17.9 Å². The van der Waals surface area contributed by atoms with Crippen LogP contribution in [0, 0.1) is 17.1 Å². The van der Waals surface area contributed by atoms with Gasteiger partial charge in [-0.1, -0.05) is 18.2 Å². The Bertz CT molecular complexity index is 690. The Kier molecular flexibility index (Phi) is 3.68. The summed E-state index contributed by atoms with van der Waals surface area (Å²) < 4.78 is 14.0. The van der Waals surface area contributed by atoms with Crippen LogP contribution in [0.25, 0.3) is 0 Å². The second-order valence-corrected chi connectivity index (χ2v) is 4.59. The molecule has 1 aromatic rings. The topological polar surface area (TPSA) is 105 Å². The molecule has 1 atom stereocenters. The number of primary amides is 1. The molecule has 0 aliphatic carbocycles. The molecule has 1 aliphatic rings. The average Bonchev–Trinajstić information content (AvgIpc) is 2.38. The number of amides is 1. The first-order valence-electron chi connectivity index (χ1n) is 5.61. The van der Waals surface area contributed by atoms with Gasteiger partial charge in [0.15, 0.2) is 0 Å². The Morgan fingerprint density at radius 3 is 2.65 bits per heavy atom. The molecule has 2 rings (SSSR count). The molecule has 1 heterocycles. The number of rotatable bonds is 2. The van der Waals surface area contributed by atoms with Crippen molar-refractivity contribution in [1.29, 1.82) is 5.26 Å². The van der Waals surface area contributed by atoms with Crippen LogP contribution >= 0.6 is 12.6 Å². The minimum Gasteiger partial charge on any atom is -0.384 e. The summed E-state index contributed by atoms with van der Waals surface area (Å²) in [5.74, 6) is -2.29. The predicted octanol–water partition coefficient (Wildman–Crippen LogP) is 0.833. The zero-order valence-corrected chi connectivity index (χ0v) is 11.1. The van der Waals surface area contributed by atoms with Gasteiger partial charge in [0, 0.05) is 5.56 Å². The van der Waals surface area contributed by atoms with Crippen LogP contribution in [-0.4, -0.2) is 5.91 Å². The van der Waals surface area contributed by atoms with E-state index >= 15 is 0 Å². The number of nitrogens with one attached hydrogen (secondary N) is 1. The maximum absolute atomic E-state index is 14.0. The van der Waals surface area contributed by atoms with E-state index in [1.807, 2.05) is 6.07 Å². The number of halogens is 1. The molecule has 1 amide bonds. The van der Waals surface area contributed by atoms with Gasteiger partial charge in [0.2, 0.25) is 5.91 Å². The van der Waals surface area contributed by atoms with E-state index in [4.69, 9.17) is 11.5 Å². The molecule has 5 nitrogen and oxygen atoms in total. The first-order valence-corrected chi connectivity index (χ1v) is 6.06. The summed E-state index contributed by atoms with van der Waals surface area (Å²) in [6.45, 7) is 0. The van der Waals surface area contributed by atoms with Gasteiger partial charge in [0.25, 0.3) is 0 Å². The summed E-state index contributed by atoms with van der Waals surface area (Å²) in [6, 6.07) is 7.70. The molecule has 1 unspecified atom stereocenters. The summed E-state index contributed by atoms with van der Waals surface area (Å²) in [7, 11) is 0. The third-order valence-corrected chi connectivity index (χ3v) is 3.33. The minimum atomic E-state index is -0.965. The molecule has 0 fully saturated rings. The molecule has 20 heavy (non-hydrogen) atoms. The fourth-order valence-electron chi connectivity index (χ4n) is 2.10. The molecule has 0 saturated carbocycles. The third-order valence-electron chi connectivity index (χ3n) is 2.98. The SMILES string of the molecule is N#CC1=C(N)NC(S)=C(C(N)=O)C1c1ccccc1F. The molecule has 7 heteroatoms. The monoisotopic (exact) mass is 290 g/mol. The molecule has 1 aliphatic heterocycles. The Labute approximate surface area is 120 Å². The minimum absolute atomic E-state index is 0.00387. The predicted molar refractivity (Wildman–Crippen MR) is 74.3 cm³/mol. The summed E-state index contributed by atoms with van der Waals surface area (Å²) in [5, 5.41) is 11.9. The van der Waals surface area contributed by atoms with Gasteiger partial charge in [-0.15, -0.1) is 12.6 Å². The molecular formula is C13H11FN4OS. The summed E-state index contributed by atoms with van der Waals surface area (Å²) in [4.78, 5) is 11.6. The average molecular weight is 290 g/mol. The Morgan fingerprint density at radius 1 is 1.45 bits per heavy atom. The van der Waals surface area contributed by atoms with Crippen LogP contribution in [0.1, 0.15) is 11.5 Å². The van der Waals surface area contributed by atoms with Gasteiger partial charge in [-0.3, -0.25) is 4.79 Å². The number of carbonyl (C=O) groups is 1. The number of nitrogens with two attached hydrogens (primary N) is 2. The molecule has 102 valence electrons. The molecule has 0 bridgehead atoms. The van der Waals surface area contributed by atoms with Gasteiger partial charge in [-0.25, -0.2) is 4.39 Å². The maximum Gasteiger partial charge on any atom is 0.248 e. The lowest BCUT2D eigenvalue weighted by molar-refractivity contribution is -0.114. The number of nitrogens with zero attached hydrogens (tertiary/aromatic N) is 1. The van der Waals surface area contributed by atoms with Gasteiger partial charge in [-0.05, 0) is 6.07 Å².